The number of aromatic amines is 1. The van der Waals surface area contributed by atoms with Gasteiger partial charge in [-0.25, -0.2) is 14.6 Å². The van der Waals surface area contributed by atoms with Crippen LogP contribution in [0.4, 0.5) is 5.69 Å². The number of nitrogens with one attached hydrogen (secondary N) is 2. The molecular weight excluding hydrogens is 374 g/mol. The molecule has 29 heavy (non-hydrogen) atoms. The molecule has 0 bridgehead atoms. The fourth-order valence-electron chi connectivity index (χ4n) is 2.96. The van der Waals surface area contributed by atoms with Crippen LogP contribution in [0, 0.1) is 0 Å². The van der Waals surface area contributed by atoms with Crippen molar-refractivity contribution >= 4 is 28.7 Å². The molecule has 0 aliphatic carbocycles. The van der Waals surface area contributed by atoms with Gasteiger partial charge in [-0.3, -0.25) is 4.79 Å². The number of anilines is 1. The van der Waals surface area contributed by atoms with Gasteiger partial charge in [0.05, 0.1) is 11.0 Å². The smallest absolute Gasteiger partial charge is 0.350 e. The van der Waals surface area contributed by atoms with E-state index in [1.807, 2.05) is 12.1 Å². The normalized spacial score (nSPS) is 15.6. The van der Waals surface area contributed by atoms with E-state index in [9.17, 15) is 14.4 Å². The van der Waals surface area contributed by atoms with E-state index in [4.69, 9.17) is 9.47 Å². The minimum absolute atomic E-state index is 0.208. The minimum Gasteiger partial charge on any atom is -0.419 e. The standard InChI is InChI=1S/C21H17N3O5/c1-21(2)28-19(26)13(20(27)29-21)11-22-14-8-4-3-7-12(14)17-18(25)24-16-10-6-5-9-15(16)23-17/h3-11,22H,1-2H3,(H,24,25). The lowest BCUT2D eigenvalue weighted by Crippen LogP contribution is -2.42. The molecule has 8 heteroatoms. The first-order valence-electron chi connectivity index (χ1n) is 8.86. The van der Waals surface area contributed by atoms with Crippen molar-refractivity contribution in [3.63, 3.8) is 0 Å². The van der Waals surface area contributed by atoms with E-state index in [2.05, 4.69) is 15.3 Å². The summed E-state index contributed by atoms with van der Waals surface area (Å²) in [7, 11) is 0. The highest BCUT2D eigenvalue weighted by Gasteiger charge is 2.39. The Labute approximate surface area is 165 Å². The van der Waals surface area contributed by atoms with E-state index >= 15 is 0 Å². The lowest BCUT2D eigenvalue weighted by Gasteiger charge is -2.29. The molecule has 2 heterocycles. The summed E-state index contributed by atoms with van der Waals surface area (Å²) < 4.78 is 10.1. The molecule has 3 aromatic rings. The maximum atomic E-state index is 12.6. The number of cyclic esters (lactones) is 2. The second kappa shape index (κ2) is 6.90. The molecule has 8 nitrogen and oxygen atoms in total. The quantitative estimate of drug-likeness (QED) is 0.401. The van der Waals surface area contributed by atoms with Gasteiger partial charge in [-0.05, 0) is 18.2 Å². The van der Waals surface area contributed by atoms with Crippen molar-refractivity contribution < 1.29 is 19.1 Å². The van der Waals surface area contributed by atoms with Crippen LogP contribution in [-0.4, -0.2) is 27.7 Å². The Hall–Kier alpha value is -3.94. The average molecular weight is 391 g/mol. The average Bonchev–Trinajstić information content (AvgIpc) is 2.66. The van der Waals surface area contributed by atoms with Gasteiger partial charge >= 0.3 is 11.9 Å². The number of para-hydroxylation sites is 3. The number of benzene rings is 2. The summed E-state index contributed by atoms with van der Waals surface area (Å²) >= 11 is 0. The lowest BCUT2D eigenvalue weighted by molar-refractivity contribution is -0.222. The van der Waals surface area contributed by atoms with Crippen molar-refractivity contribution in [2.24, 2.45) is 0 Å². The molecule has 1 aromatic heterocycles. The number of carbonyl (C=O) groups excluding carboxylic acids is 2. The number of nitrogens with zero attached hydrogens (tertiary/aromatic N) is 1. The number of ether oxygens (including phenoxy) is 2. The Morgan fingerprint density at radius 2 is 1.62 bits per heavy atom. The van der Waals surface area contributed by atoms with Gasteiger partial charge in [-0.15, -0.1) is 0 Å². The number of hydrogen-bond donors (Lipinski definition) is 2. The van der Waals surface area contributed by atoms with Crippen LogP contribution in [0.1, 0.15) is 13.8 Å². The summed E-state index contributed by atoms with van der Waals surface area (Å²) in [4.78, 5) is 44.0. The van der Waals surface area contributed by atoms with Crippen LogP contribution >= 0.6 is 0 Å². The SMILES string of the molecule is CC1(C)OC(=O)C(=CNc2ccccc2-c2nc3ccccc3[nH]c2=O)C(=O)O1. The van der Waals surface area contributed by atoms with E-state index in [0.29, 0.717) is 22.3 Å². The van der Waals surface area contributed by atoms with E-state index in [1.165, 1.54) is 20.0 Å². The van der Waals surface area contributed by atoms with Gasteiger partial charge in [0.1, 0.15) is 5.69 Å². The third-order valence-corrected chi connectivity index (χ3v) is 4.27. The first kappa shape index (κ1) is 18.4. The molecule has 1 aliphatic rings. The summed E-state index contributed by atoms with van der Waals surface area (Å²) in [5.41, 5.74) is 1.83. The molecule has 0 amide bonds. The fraction of sp³-hybridized carbons (Fsp3) is 0.143. The molecule has 0 radical (unpaired) electrons. The zero-order chi connectivity index (χ0) is 20.6. The Morgan fingerprint density at radius 1 is 0.966 bits per heavy atom. The molecule has 2 aromatic carbocycles. The van der Waals surface area contributed by atoms with Gasteiger partial charge in [-0.2, -0.15) is 0 Å². The molecule has 4 rings (SSSR count). The molecule has 1 aliphatic heterocycles. The molecule has 0 spiro atoms. The first-order valence-corrected chi connectivity index (χ1v) is 8.86. The Bertz CT molecular complexity index is 1200. The lowest BCUT2D eigenvalue weighted by atomic mass is 10.1. The molecule has 0 unspecified atom stereocenters. The molecule has 146 valence electrons. The Morgan fingerprint density at radius 3 is 2.38 bits per heavy atom. The van der Waals surface area contributed by atoms with Crippen LogP contribution in [0.5, 0.6) is 0 Å². The van der Waals surface area contributed by atoms with E-state index in [1.54, 1.807) is 36.4 Å². The van der Waals surface area contributed by atoms with Crippen molar-refractivity contribution in [1.29, 1.82) is 0 Å². The number of H-pyrrole nitrogens is 1. The second-order valence-corrected chi connectivity index (χ2v) is 6.86. The molecule has 1 saturated heterocycles. The molecule has 1 fully saturated rings. The largest absolute Gasteiger partial charge is 0.419 e. The van der Waals surface area contributed by atoms with Crippen LogP contribution in [0.25, 0.3) is 22.3 Å². The number of esters is 2. The molecule has 0 saturated carbocycles. The van der Waals surface area contributed by atoms with Crippen molar-refractivity contribution in [1.82, 2.24) is 9.97 Å². The topological polar surface area (TPSA) is 110 Å². The highest BCUT2D eigenvalue weighted by atomic mass is 16.7. The Balaban J connectivity index is 1.72. The van der Waals surface area contributed by atoms with Gasteiger partial charge in [0.15, 0.2) is 5.57 Å². The summed E-state index contributed by atoms with van der Waals surface area (Å²) in [5.74, 6) is -2.90. The monoisotopic (exact) mass is 391 g/mol. The van der Waals surface area contributed by atoms with Gasteiger partial charge in [0.2, 0.25) is 0 Å². The van der Waals surface area contributed by atoms with Gasteiger partial charge in [0.25, 0.3) is 11.3 Å². The van der Waals surface area contributed by atoms with Gasteiger partial charge in [0, 0.05) is 31.3 Å². The van der Waals surface area contributed by atoms with Crippen LogP contribution in [0.15, 0.2) is 65.1 Å². The van der Waals surface area contributed by atoms with Crippen molar-refractivity contribution in [3.05, 3.63) is 70.7 Å². The minimum atomic E-state index is -1.31. The predicted molar refractivity (Wildman–Crippen MR) is 106 cm³/mol. The van der Waals surface area contributed by atoms with E-state index in [0.717, 1.165) is 0 Å². The van der Waals surface area contributed by atoms with Crippen LogP contribution < -0.4 is 10.9 Å². The third kappa shape index (κ3) is 3.60. The van der Waals surface area contributed by atoms with Crippen molar-refractivity contribution in [3.8, 4) is 11.3 Å². The third-order valence-electron chi connectivity index (χ3n) is 4.27. The number of hydrogen-bond acceptors (Lipinski definition) is 7. The zero-order valence-electron chi connectivity index (χ0n) is 15.7. The highest BCUT2D eigenvalue weighted by molar-refractivity contribution is 6.15. The first-order chi connectivity index (χ1) is 13.8. The van der Waals surface area contributed by atoms with Crippen LogP contribution in [-0.2, 0) is 19.1 Å². The number of rotatable bonds is 3. The summed E-state index contributed by atoms with van der Waals surface area (Å²) in [5, 5.41) is 2.89. The zero-order valence-corrected chi connectivity index (χ0v) is 15.7. The highest BCUT2D eigenvalue weighted by Crippen LogP contribution is 2.27. The summed E-state index contributed by atoms with van der Waals surface area (Å²) in [6, 6.07) is 14.1. The molecule has 0 atom stereocenters. The Kier molecular flexibility index (Phi) is 4.38. The number of carbonyl (C=O) groups is 2. The van der Waals surface area contributed by atoms with Gasteiger partial charge in [-0.1, -0.05) is 30.3 Å². The molecular formula is C21H17N3O5. The second-order valence-electron chi connectivity index (χ2n) is 6.86. The van der Waals surface area contributed by atoms with E-state index < -0.39 is 17.7 Å². The maximum absolute atomic E-state index is 12.6. The van der Waals surface area contributed by atoms with Crippen LogP contribution in [0.2, 0.25) is 0 Å². The van der Waals surface area contributed by atoms with Crippen molar-refractivity contribution in [2.75, 3.05) is 5.32 Å². The summed E-state index contributed by atoms with van der Waals surface area (Å²) in [6.07, 6.45) is 1.20. The fourth-order valence-corrected chi connectivity index (χ4v) is 2.96. The number of fused-ring (bicyclic) bond motifs is 1. The molecule has 2 N–H and O–H groups in total. The predicted octanol–water partition coefficient (Wildman–Crippen LogP) is 2.72. The van der Waals surface area contributed by atoms with Gasteiger partial charge < -0.3 is 19.8 Å². The van der Waals surface area contributed by atoms with Crippen LogP contribution in [0.3, 0.4) is 0 Å². The summed E-state index contributed by atoms with van der Waals surface area (Å²) in [6.45, 7) is 2.94. The maximum Gasteiger partial charge on any atom is 0.350 e. The van der Waals surface area contributed by atoms with Crippen molar-refractivity contribution in [2.45, 2.75) is 19.6 Å². The van der Waals surface area contributed by atoms with E-state index in [-0.39, 0.29) is 16.8 Å². The number of aromatic nitrogens is 2.